The molecule has 2 aromatic rings. The van der Waals surface area contributed by atoms with Crippen LogP contribution in [0.2, 0.25) is 0 Å². The van der Waals surface area contributed by atoms with Crippen LogP contribution in [-0.4, -0.2) is 5.91 Å². The SMILES string of the molecule is C#CCc1cccc(C(N)=O)c1-c1ccccc1. The van der Waals surface area contributed by atoms with Crippen molar-refractivity contribution >= 4 is 5.91 Å². The number of benzene rings is 2. The normalized spacial score (nSPS) is 9.72. The van der Waals surface area contributed by atoms with E-state index in [1.54, 1.807) is 12.1 Å². The van der Waals surface area contributed by atoms with Gasteiger partial charge >= 0.3 is 0 Å². The third-order valence-corrected chi connectivity index (χ3v) is 2.77. The van der Waals surface area contributed by atoms with Gasteiger partial charge in [0.1, 0.15) is 0 Å². The molecule has 2 heteroatoms. The molecule has 0 saturated heterocycles. The third-order valence-electron chi connectivity index (χ3n) is 2.77. The first-order valence-electron chi connectivity index (χ1n) is 5.64. The summed E-state index contributed by atoms with van der Waals surface area (Å²) in [5.74, 6) is 2.17. The molecule has 2 N–H and O–H groups in total. The fourth-order valence-electron chi connectivity index (χ4n) is 2.01. The van der Waals surface area contributed by atoms with E-state index in [2.05, 4.69) is 5.92 Å². The Morgan fingerprint density at radius 2 is 1.83 bits per heavy atom. The molecule has 0 bridgehead atoms. The minimum absolute atomic E-state index is 0.437. The van der Waals surface area contributed by atoms with Crippen LogP contribution in [0.1, 0.15) is 15.9 Å². The number of carbonyl (C=O) groups excluding carboxylic acids is 1. The van der Waals surface area contributed by atoms with Gasteiger partial charge in [-0.15, -0.1) is 12.3 Å². The molecule has 2 rings (SSSR count). The van der Waals surface area contributed by atoms with Crippen molar-refractivity contribution in [2.45, 2.75) is 6.42 Å². The standard InChI is InChI=1S/C16H13NO/c1-2-7-12-10-6-11-14(16(17)18)15(12)13-8-4-3-5-9-13/h1,3-6,8-11H,7H2,(H2,17,18). The van der Waals surface area contributed by atoms with Crippen molar-refractivity contribution in [1.29, 1.82) is 0 Å². The van der Waals surface area contributed by atoms with E-state index in [1.807, 2.05) is 36.4 Å². The molecule has 0 fully saturated rings. The highest BCUT2D eigenvalue weighted by molar-refractivity contribution is 6.00. The summed E-state index contributed by atoms with van der Waals surface area (Å²) in [6.07, 6.45) is 5.85. The number of carbonyl (C=O) groups is 1. The topological polar surface area (TPSA) is 43.1 Å². The monoisotopic (exact) mass is 235 g/mol. The van der Waals surface area contributed by atoms with Crippen LogP contribution < -0.4 is 5.73 Å². The van der Waals surface area contributed by atoms with Gasteiger partial charge in [0.25, 0.3) is 0 Å². The van der Waals surface area contributed by atoms with Gasteiger partial charge in [-0.2, -0.15) is 0 Å². The van der Waals surface area contributed by atoms with Crippen LogP contribution in [0.5, 0.6) is 0 Å². The predicted molar refractivity (Wildman–Crippen MR) is 72.9 cm³/mol. The van der Waals surface area contributed by atoms with Gasteiger partial charge in [0.2, 0.25) is 5.91 Å². The lowest BCUT2D eigenvalue weighted by molar-refractivity contribution is 0.100. The van der Waals surface area contributed by atoms with Crippen LogP contribution >= 0.6 is 0 Å². The highest BCUT2D eigenvalue weighted by Crippen LogP contribution is 2.27. The first kappa shape index (κ1) is 11.9. The number of amides is 1. The summed E-state index contributed by atoms with van der Waals surface area (Å²) in [5, 5.41) is 0. The summed E-state index contributed by atoms with van der Waals surface area (Å²) in [4.78, 5) is 11.5. The molecule has 18 heavy (non-hydrogen) atoms. The van der Waals surface area contributed by atoms with Gasteiger partial charge < -0.3 is 5.73 Å². The molecule has 0 aliphatic carbocycles. The summed E-state index contributed by atoms with van der Waals surface area (Å²) >= 11 is 0. The van der Waals surface area contributed by atoms with Gasteiger partial charge in [0, 0.05) is 12.0 Å². The van der Waals surface area contributed by atoms with Crippen molar-refractivity contribution in [2.24, 2.45) is 5.73 Å². The molecule has 0 aliphatic heterocycles. The molecule has 0 heterocycles. The smallest absolute Gasteiger partial charge is 0.249 e. The zero-order chi connectivity index (χ0) is 13.0. The van der Waals surface area contributed by atoms with Crippen LogP contribution in [0.4, 0.5) is 0 Å². The van der Waals surface area contributed by atoms with E-state index in [-0.39, 0.29) is 0 Å². The number of nitrogens with two attached hydrogens (primary N) is 1. The van der Waals surface area contributed by atoms with E-state index in [0.717, 1.165) is 16.7 Å². The molecule has 0 radical (unpaired) electrons. The van der Waals surface area contributed by atoms with Gasteiger partial charge in [0.15, 0.2) is 0 Å². The molecule has 0 spiro atoms. The van der Waals surface area contributed by atoms with E-state index in [0.29, 0.717) is 12.0 Å². The van der Waals surface area contributed by atoms with Crippen LogP contribution in [0.15, 0.2) is 48.5 Å². The second-order valence-corrected chi connectivity index (χ2v) is 3.95. The second-order valence-electron chi connectivity index (χ2n) is 3.95. The van der Waals surface area contributed by atoms with Crippen molar-refractivity contribution in [3.8, 4) is 23.5 Å². The Kier molecular flexibility index (Phi) is 3.45. The van der Waals surface area contributed by atoms with E-state index in [9.17, 15) is 4.79 Å². The van der Waals surface area contributed by atoms with Crippen molar-refractivity contribution in [3.05, 3.63) is 59.7 Å². The molecular formula is C16H13NO. The molecule has 0 atom stereocenters. The fraction of sp³-hybridized carbons (Fsp3) is 0.0625. The number of primary amides is 1. The highest BCUT2D eigenvalue weighted by Gasteiger charge is 2.13. The second kappa shape index (κ2) is 5.20. The van der Waals surface area contributed by atoms with Gasteiger partial charge in [-0.3, -0.25) is 4.79 Å². The lowest BCUT2D eigenvalue weighted by atomic mass is 9.92. The van der Waals surface area contributed by atoms with E-state index in [4.69, 9.17) is 12.2 Å². The molecule has 2 nitrogen and oxygen atoms in total. The minimum atomic E-state index is -0.437. The van der Waals surface area contributed by atoms with Crippen molar-refractivity contribution in [1.82, 2.24) is 0 Å². The van der Waals surface area contributed by atoms with E-state index < -0.39 is 5.91 Å². The third kappa shape index (κ3) is 2.26. The highest BCUT2D eigenvalue weighted by atomic mass is 16.1. The number of hydrogen-bond donors (Lipinski definition) is 1. The Hall–Kier alpha value is -2.53. The Bertz CT molecular complexity index is 609. The minimum Gasteiger partial charge on any atom is -0.366 e. The maximum atomic E-state index is 11.5. The largest absolute Gasteiger partial charge is 0.366 e. The van der Waals surface area contributed by atoms with Crippen LogP contribution in [0.25, 0.3) is 11.1 Å². The number of terminal acetylenes is 1. The van der Waals surface area contributed by atoms with Gasteiger partial charge in [-0.25, -0.2) is 0 Å². The Morgan fingerprint density at radius 1 is 1.11 bits per heavy atom. The summed E-state index contributed by atoms with van der Waals surface area (Å²) < 4.78 is 0. The summed E-state index contributed by atoms with van der Waals surface area (Å²) in [7, 11) is 0. The predicted octanol–water partition coefficient (Wildman–Crippen LogP) is 2.63. The molecular weight excluding hydrogens is 222 g/mol. The number of hydrogen-bond acceptors (Lipinski definition) is 1. The lowest BCUT2D eigenvalue weighted by Gasteiger charge is -2.11. The lowest BCUT2D eigenvalue weighted by Crippen LogP contribution is -2.13. The fourth-order valence-corrected chi connectivity index (χ4v) is 2.01. The maximum absolute atomic E-state index is 11.5. The molecule has 0 aliphatic rings. The molecule has 0 saturated carbocycles. The Morgan fingerprint density at radius 3 is 2.44 bits per heavy atom. The van der Waals surface area contributed by atoms with Crippen LogP contribution in [-0.2, 0) is 6.42 Å². The molecule has 88 valence electrons. The maximum Gasteiger partial charge on any atom is 0.249 e. The zero-order valence-electron chi connectivity index (χ0n) is 9.89. The average molecular weight is 235 g/mol. The quantitative estimate of drug-likeness (QED) is 0.816. The molecule has 0 aromatic heterocycles. The van der Waals surface area contributed by atoms with Crippen molar-refractivity contribution in [3.63, 3.8) is 0 Å². The van der Waals surface area contributed by atoms with E-state index in [1.165, 1.54) is 0 Å². The summed E-state index contributed by atoms with van der Waals surface area (Å²) in [6, 6.07) is 15.1. The average Bonchev–Trinajstić information content (AvgIpc) is 2.40. The van der Waals surface area contributed by atoms with Crippen molar-refractivity contribution < 1.29 is 4.79 Å². The van der Waals surface area contributed by atoms with Crippen LogP contribution in [0.3, 0.4) is 0 Å². The van der Waals surface area contributed by atoms with Crippen LogP contribution in [0, 0.1) is 12.3 Å². The molecule has 1 amide bonds. The van der Waals surface area contributed by atoms with Gasteiger partial charge in [-0.1, -0.05) is 42.5 Å². The molecule has 2 aromatic carbocycles. The first-order chi connectivity index (χ1) is 8.74. The zero-order valence-corrected chi connectivity index (χ0v) is 9.89. The van der Waals surface area contributed by atoms with Gasteiger partial charge in [-0.05, 0) is 22.8 Å². The van der Waals surface area contributed by atoms with Gasteiger partial charge in [0.05, 0.1) is 0 Å². The number of rotatable bonds is 3. The Labute approximate surface area is 106 Å². The Balaban J connectivity index is 2.69. The van der Waals surface area contributed by atoms with Crippen molar-refractivity contribution in [2.75, 3.05) is 0 Å². The molecule has 0 unspecified atom stereocenters. The van der Waals surface area contributed by atoms with E-state index >= 15 is 0 Å². The summed E-state index contributed by atoms with van der Waals surface area (Å²) in [5.41, 5.74) is 8.67. The summed E-state index contributed by atoms with van der Waals surface area (Å²) in [6.45, 7) is 0. The first-order valence-corrected chi connectivity index (χ1v) is 5.64.